The van der Waals surface area contributed by atoms with Gasteiger partial charge in [0.15, 0.2) is 5.16 Å². The number of hydrogen-bond acceptors (Lipinski definition) is 5. The van der Waals surface area contributed by atoms with Crippen LogP contribution in [0.4, 0.5) is 5.82 Å². The number of nitrogen functional groups attached to an aromatic ring is 1. The maximum Gasteiger partial charge on any atom is 0.190 e. The largest absolute Gasteiger partial charge is 0.382 e. The normalized spacial score (nSPS) is 11.9. The van der Waals surface area contributed by atoms with Gasteiger partial charge in [-0.2, -0.15) is 5.26 Å². The zero-order valence-electron chi connectivity index (χ0n) is 12.2. The van der Waals surface area contributed by atoms with Gasteiger partial charge in [0.25, 0.3) is 0 Å². The maximum atomic E-state index is 9.28. The number of aromatic nitrogens is 2. The molecule has 0 radical (unpaired) electrons. The molecule has 1 aromatic carbocycles. The summed E-state index contributed by atoms with van der Waals surface area (Å²) in [6.45, 7) is 4.24. The molecule has 2 N–H and O–H groups in total. The van der Waals surface area contributed by atoms with E-state index in [-0.39, 0.29) is 5.82 Å². The molecule has 0 aliphatic carbocycles. The minimum Gasteiger partial charge on any atom is -0.382 e. The zero-order chi connectivity index (χ0) is 15.2. The van der Waals surface area contributed by atoms with Gasteiger partial charge in [-0.25, -0.2) is 9.97 Å². The quantitative estimate of drug-likeness (QED) is 0.676. The van der Waals surface area contributed by atoms with E-state index in [1.807, 2.05) is 30.3 Å². The van der Waals surface area contributed by atoms with Gasteiger partial charge < -0.3 is 5.73 Å². The third-order valence-corrected chi connectivity index (χ3v) is 4.33. The summed E-state index contributed by atoms with van der Waals surface area (Å²) in [5.41, 5.74) is 8.10. The minimum absolute atomic E-state index is 0.268. The summed E-state index contributed by atoms with van der Waals surface area (Å²) in [7, 11) is 0. The molecule has 0 fully saturated rings. The SMILES string of the molecule is CC[C@@H](C)Sc1nc(N)c(C#N)c(Cc2ccccc2)n1. The molecule has 2 rings (SSSR count). The molecule has 2 aromatic rings. The monoisotopic (exact) mass is 298 g/mol. The molecular weight excluding hydrogens is 280 g/mol. The molecule has 1 heterocycles. The Morgan fingerprint density at radius 3 is 2.62 bits per heavy atom. The summed E-state index contributed by atoms with van der Waals surface area (Å²) in [4.78, 5) is 8.78. The molecule has 4 nitrogen and oxygen atoms in total. The highest BCUT2D eigenvalue weighted by Gasteiger charge is 2.14. The number of nitrogens with zero attached hydrogens (tertiary/aromatic N) is 3. The van der Waals surface area contributed by atoms with Gasteiger partial charge in [0.2, 0.25) is 0 Å². The predicted molar refractivity (Wildman–Crippen MR) is 86.0 cm³/mol. The van der Waals surface area contributed by atoms with Crippen molar-refractivity contribution in [3.05, 3.63) is 47.2 Å². The highest BCUT2D eigenvalue weighted by atomic mass is 32.2. The average Bonchev–Trinajstić information content (AvgIpc) is 2.48. The highest BCUT2D eigenvalue weighted by Crippen LogP contribution is 2.25. The van der Waals surface area contributed by atoms with E-state index < -0.39 is 0 Å². The van der Waals surface area contributed by atoms with Crippen molar-refractivity contribution >= 4 is 17.6 Å². The average molecular weight is 298 g/mol. The van der Waals surface area contributed by atoms with Gasteiger partial charge in [0.05, 0.1) is 5.69 Å². The van der Waals surface area contributed by atoms with Gasteiger partial charge in [0, 0.05) is 11.7 Å². The fraction of sp³-hybridized carbons (Fsp3) is 0.312. The molecule has 1 atom stereocenters. The van der Waals surface area contributed by atoms with Crippen LogP contribution in [0, 0.1) is 11.3 Å². The van der Waals surface area contributed by atoms with Crippen LogP contribution in [0.2, 0.25) is 0 Å². The first kappa shape index (κ1) is 15.3. The van der Waals surface area contributed by atoms with Crippen molar-refractivity contribution in [3.63, 3.8) is 0 Å². The number of nitriles is 1. The third kappa shape index (κ3) is 3.96. The summed E-state index contributed by atoms with van der Waals surface area (Å²) < 4.78 is 0. The first-order valence-corrected chi connectivity index (χ1v) is 7.79. The first-order chi connectivity index (χ1) is 10.1. The van der Waals surface area contributed by atoms with E-state index in [2.05, 4.69) is 29.9 Å². The molecule has 0 amide bonds. The molecule has 0 aliphatic rings. The fourth-order valence-corrected chi connectivity index (χ4v) is 2.70. The van der Waals surface area contributed by atoms with Crippen LogP contribution < -0.4 is 5.73 Å². The second-order valence-electron chi connectivity index (χ2n) is 4.82. The second kappa shape index (κ2) is 7.09. The lowest BCUT2D eigenvalue weighted by Crippen LogP contribution is -2.07. The van der Waals surface area contributed by atoms with E-state index in [9.17, 15) is 5.26 Å². The number of benzene rings is 1. The van der Waals surface area contributed by atoms with E-state index in [4.69, 9.17) is 5.73 Å². The summed E-state index contributed by atoms with van der Waals surface area (Å²) in [6, 6.07) is 12.1. The molecule has 0 spiro atoms. The second-order valence-corrected chi connectivity index (χ2v) is 6.23. The third-order valence-electron chi connectivity index (χ3n) is 3.20. The summed E-state index contributed by atoms with van der Waals surface area (Å²) in [5, 5.41) is 10.3. The van der Waals surface area contributed by atoms with Crippen molar-refractivity contribution < 1.29 is 0 Å². The Hall–Kier alpha value is -2.06. The Morgan fingerprint density at radius 2 is 2.00 bits per heavy atom. The molecule has 0 aliphatic heterocycles. The van der Waals surface area contributed by atoms with Crippen molar-refractivity contribution in [3.8, 4) is 6.07 Å². The van der Waals surface area contributed by atoms with Crippen molar-refractivity contribution in [1.29, 1.82) is 5.26 Å². The minimum atomic E-state index is 0.268. The number of nitrogens with two attached hydrogens (primary N) is 1. The molecule has 0 saturated heterocycles. The predicted octanol–water partition coefficient (Wildman–Crippen LogP) is 3.41. The van der Waals surface area contributed by atoms with Crippen LogP contribution in [0.5, 0.6) is 0 Å². The summed E-state index contributed by atoms with van der Waals surface area (Å²) in [5.74, 6) is 0.268. The van der Waals surface area contributed by atoms with Crippen molar-refractivity contribution in [1.82, 2.24) is 9.97 Å². The lowest BCUT2D eigenvalue weighted by molar-refractivity contribution is 0.867. The van der Waals surface area contributed by atoms with Gasteiger partial charge in [-0.05, 0) is 12.0 Å². The Labute approximate surface area is 129 Å². The number of rotatable bonds is 5. The highest BCUT2D eigenvalue weighted by molar-refractivity contribution is 7.99. The van der Waals surface area contributed by atoms with Crippen LogP contribution in [-0.4, -0.2) is 15.2 Å². The van der Waals surface area contributed by atoms with Gasteiger partial charge in [-0.15, -0.1) is 0 Å². The van der Waals surface area contributed by atoms with Crippen LogP contribution in [0.25, 0.3) is 0 Å². The lowest BCUT2D eigenvalue weighted by Gasteiger charge is -2.11. The standard InChI is InChI=1S/C16H18N4S/c1-3-11(2)21-16-19-14(13(10-17)15(18)20-16)9-12-7-5-4-6-8-12/h4-8,11H,3,9H2,1-2H3,(H2,18,19,20)/t11-/m1/s1. The molecule has 0 bridgehead atoms. The van der Waals surface area contributed by atoms with Crippen molar-refractivity contribution in [2.45, 2.75) is 37.1 Å². The fourth-order valence-electron chi connectivity index (χ4n) is 1.86. The van der Waals surface area contributed by atoms with Gasteiger partial charge in [0.1, 0.15) is 17.5 Å². The summed E-state index contributed by atoms with van der Waals surface area (Å²) in [6.07, 6.45) is 1.62. The molecule has 0 saturated carbocycles. The molecule has 1 aromatic heterocycles. The van der Waals surface area contributed by atoms with Crippen LogP contribution in [-0.2, 0) is 6.42 Å². The van der Waals surface area contributed by atoms with Gasteiger partial charge in [-0.3, -0.25) is 0 Å². The van der Waals surface area contributed by atoms with E-state index in [0.717, 1.165) is 12.0 Å². The van der Waals surface area contributed by atoms with E-state index in [1.54, 1.807) is 11.8 Å². The maximum absolute atomic E-state index is 9.28. The van der Waals surface area contributed by atoms with Gasteiger partial charge >= 0.3 is 0 Å². The van der Waals surface area contributed by atoms with E-state index in [1.165, 1.54) is 0 Å². The molecular formula is C16H18N4S. The van der Waals surface area contributed by atoms with Gasteiger partial charge in [-0.1, -0.05) is 55.9 Å². The van der Waals surface area contributed by atoms with Crippen LogP contribution >= 0.6 is 11.8 Å². The molecule has 5 heteroatoms. The van der Waals surface area contributed by atoms with E-state index >= 15 is 0 Å². The Morgan fingerprint density at radius 1 is 1.29 bits per heavy atom. The zero-order valence-corrected chi connectivity index (χ0v) is 13.0. The molecule has 0 unspecified atom stereocenters. The smallest absolute Gasteiger partial charge is 0.190 e. The van der Waals surface area contributed by atoms with Crippen LogP contribution in [0.3, 0.4) is 0 Å². The Bertz CT molecular complexity index is 649. The molecule has 108 valence electrons. The number of hydrogen-bond donors (Lipinski definition) is 1. The van der Waals surface area contributed by atoms with Crippen LogP contribution in [0.15, 0.2) is 35.5 Å². The Kier molecular flexibility index (Phi) is 5.18. The number of anilines is 1. The first-order valence-electron chi connectivity index (χ1n) is 6.91. The lowest BCUT2D eigenvalue weighted by atomic mass is 10.1. The summed E-state index contributed by atoms with van der Waals surface area (Å²) >= 11 is 1.59. The van der Waals surface area contributed by atoms with E-state index in [0.29, 0.717) is 28.1 Å². The molecule has 21 heavy (non-hydrogen) atoms. The van der Waals surface area contributed by atoms with Crippen LogP contribution in [0.1, 0.15) is 37.1 Å². The van der Waals surface area contributed by atoms with Crippen molar-refractivity contribution in [2.75, 3.05) is 5.73 Å². The number of thioether (sulfide) groups is 1. The topological polar surface area (TPSA) is 75.6 Å². The van der Waals surface area contributed by atoms with Crippen molar-refractivity contribution in [2.24, 2.45) is 0 Å². The Balaban J connectivity index is 2.36.